The van der Waals surface area contributed by atoms with Gasteiger partial charge in [0.25, 0.3) is 0 Å². The van der Waals surface area contributed by atoms with Crippen molar-refractivity contribution in [3.05, 3.63) is 53.6 Å². The van der Waals surface area contributed by atoms with Crippen LogP contribution in [0.1, 0.15) is 57.1 Å². The average molecular weight is 395 g/mol. The summed E-state index contributed by atoms with van der Waals surface area (Å²) in [6.45, 7) is 6.90. The lowest BCUT2D eigenvalue weighted by Crippen LogP contribution is -2.41. The van der Waals surface area contributed by atoms with Gasteiger partial charge < -0.3 is 10.2 Å². The molecule has 0 saturated carbocycles. The van der Waals surface area contributed by atoms with Gasteiger partial charge in [-0.15, -0.1) is 0 Å². The van der Waals surface area contributed by atoms with Gasteiger partial charge >= 0.3 is 0 Å². The molecule has 1 N–H and O–H groups in total. The van der Waals surface area contributed by atoms with E-state index in [0.29, 0.717) is 13.0 Å². The molecule has 3 rings (SSSR count). The number of rotatable bonds is 6. The standard InChI is InChI=1S/C23H30N4O2/c1-23(2,3)22-25-15-13-18(26-22)10-7-14-24-20(28)16-27-19-11-5-4-8-17(19)9-6-12-21(27)29/h4-5,8,11,13,15H,6-7,9-10,12,14,16H2,1-3H3,(H,24,28). The number of nitrogens with one attached hydrogen (secondary N) is 1. The number of amides is 2. The molecule has 1 aliphatic rings. The zero-order chi connectivity index (χ0) is 20.9. The fraction of sp³-hybridized carbons (Fsp3) is 0.478. The Hall–Kier alpha value is -2.76. The van der Waals surface area contributed by atoms with Crippen LogP contribution in [0.2, 0.25) is 0 Å². The van der Waals surface area contributed by atoms with Gasteiger partial charge in [-0.1, -0.05) is 39.0 Å². The number of aromatic nitrogens is 2. The van der Waals surface area contributed by atoms with E-state index < -0.39 is 0 Å². The van der Waals surface area contributed by atoms with Gasteiger partial charge in [0, 0.05) is 36.0 Å². The van der Waals surface area contributed by atoms with E-state index in [2.05, 4.69) is 36.1 Å². The van der Waals surface area contributed by atoms with Crippen LogP contribution in [0.4, 0.5) is 5.69 Å². The van der Waals surface area contributed by atoms with Crippen LogP contribution in [0.15, 0.2) is 36.5 Å². The molecule has 0 radical (unpaired) electrons. The topological polar surface area (TPSA) is 75.2 Å². The van der Waals surface area contributed by atoms with Crippen LogP contribution in [0, 0.1) is 0 Å². The first-order valence-electron chi connectivity index (χ1n) is 10.3. The van der Waals surface area contributed by atoms with Gasteiger partial charge in [0.1, 0.15) is 12.4 Å². The Morgan fingerprint density at radius 3 is 2.76 bits per heavy atom. The first kappa shape index (κ1) is 21.0. The second-order valence-corrected chi connectivity index (χ2v) is 8.54. The van der Waals surface area contributed by atoms with Gasteiger partial charge in [0.15, 0.2) is 0 Å². The highest BCUT2D eigenvalue weighted by molar-refractivity contribution is 5.99. The first-order valence-corrected chi connectivity index (χ1v) is 10.3. The van der Waals surface area contributed by atoms with Crippen LogP contribution in [0.5, 0.6) is 0 Å². The van der Waals surface area contributed by atoms with Crippen LogP contribution in [-0.2, 0) is 27.8 Å². The third-order valence-electron chi connectivity index (χ3n) is 5.04. The molecule has 2 heterocycles. The maximum atomic E-state index is 12.5. The Labute approximate surface area is 172 Å². The Kier molecular flexibility index (Phi) is 6.62. The smallest absolute Gasteiger partial charge is 0.240 e. The number of carbonyl (C=O) groups is 2. The molecular formula is C23H30N4O2. The van der Waals surface area contributed by atoms with Crippen LogP contribution in [0.25, 0.3) is 0 Å². The molecule has 154 valence electrons. The summed E-state index contributed by atoms with van der Waals surface area (Å²) in [6.07, 6.45) is 5.53. The SMILES string of the molecule is CC(C)(C)c1nccc(CCCNC(=O)CN2C(=O)CCCc3ccccc32)n1. The fourth-order valence-electron chi connectivity index (χ4n) is 3.45. The second-order valence-electron chi connectivity index (χ2n) is 8.54. The highest BCUT2D eigenvalue weighted by Gasteiger charge is 2.23. The Morgan fingerprint density at radius 1 is 1.17 bits per heavy atom. The number of benzene rings is 1. The highest BCUT2D eigenvalue weighted by Crippen LogP contribution is 2.26. The summed E-state index contributed by atoms with van der Waals surface area (Å²) >= 11 is 0. The van der Waals surface area contributed by atoms with E-state index in [0.717, 1.165) is 48.5 Å². The Morgan fingerprint density at radius 2 is 1.97 bits per heavy atom. The molecule has 2 amide bonds. The average Bonchev–Trinajstić information content (AvgIpc) is 2.84. The zero-order valence-corrected chi connectivity index (χ0v) is 17.6. The predicted octanol–water partition coefficient (Wildman–Crippen LogP) is 3.19. The predicted molar refractivity (Wildman–Crippen MR) is 114 cm³/mol. The maximum Gasteiger partial charge on any atom is 0.240 e. The van der Waals surface area contributed by atoms with E-state index in [1.165, 1.54) is 0 Å². The minimum Gasteiger partial charge on any atom is -0.355 e. The van der Waals surface area contributed by atoms with Crippen molar-refractivity contribution in [2.45, 2.75) is 58.3 Å². The maximum absolute atomic E-state index is 12.5. The number of anilines is 1. The normalized spacial score (nSPS) is 14.3. The fourth-order valence-corrected chi connectivity index (χ4v) is 3.45. The molecule has 1 aromatic heterocycles. The Bertz CT molecular complexity index is 873. The Balaban J connectivity index is 1.51. The molecule has 0 unspecified atom stereocenters. The van der Waals surface area contributed by atoms with Crippen molar-refractivity contribution in [3.8, 4) is 0 Å². The number of nitrogens with zero attached hydrogens (tertiary/aromatic N) is 3. The molecule has 0 fully saturated rings. The lowest BCUT2D eigenvalue weighted by atomic mass is 9.95. The van der Waals surface area contributed by atoms with Crippen molar-refractivity contribution in [2.75, 3.05) is 18.0 Å². The minimum atomic E-state index is -0.131. The number of aryl methyl sites for hydroxylation is 2. The van der Waals surface area contributed by atoms with Crippen LogP contribution in [0.3, 0.4) is 0 Å². The number of hydrogen-bond donors (Lipinski definition) is 1. The lowest BCUT2D eigenvalue weighted by Gasteiger charge is -2.22. The molecule has 0 aliphatic carbocycles. The number of carbonyl (C=O) groups excluding carboxylic acids is 2. The summed E-state index contributed by atoms with van der Waals surface area (Å²) < 4.78 is 0. The van der Waals surface area contributed by atoms with Crippen molar-refractivity contribution in [1.29, 1.82) is 0 Å². The molecule has 29 heavy (non-hydrogen) atoms. The molecule has 0 atom stereocenters. The zero-order valence-electron chi connectivity index (χ0n) is 17.6. The van der Waals surface area contributed by atoms with E-state index in [1.807, 2.05) is 30.3 Å². The highest BCUT2D eigenvalue weighted by atomic mass is 16.2. The summed E-state index contributed by atoms with van der Waals surface area (Å²) in [5.74, 6) is 0.714. The molecule has 0 spiro atoms. The summed E-state index contributed by atoms with van der Waals surface area (Å²) in [4.78, 5) is 35.5. The second kappa shape index (κ2) is 9.16. The third kappa shape index (κ3) is 5.62. The van der Waals surface area contributed by atoms with Gasteiger partial charge in [-0.25, -0.2) is 9.97 Å². The van der Waals surface area contributed by atoms with E-state index in [1.54, 1.807) is 11.1 Å². The minimum absolute atomic E-state index is 0.0146. The molecule has 0 saturated heterocycles. The largest absolute Gasteiger partial charge is 0.355 e. The third-order valence-corrected chi connectivity index (χ3v) is 5.04. The van der Waals surface area contributed by atoms with Gasteiger partial charge in [0.2, 0.25) is 11.8 Å². The van der Waals surface area contributed by atoms with E-state index in [-0.39, 0.29) is 23.8 Å². The van der Waals surface area contributed by atoms with Gasteiger partial charge in [-0.3, -0.25) is 9.59 Å². The van der Waals surface area contributed by atoms with Crippen LogP contribution >= 0.6 is 0 Å². The van der Waals surface area contributed by atoms with Crippen LogP contribution in [-0.4, -0.2) is 34.9 Å². The quantitative estimate of drug-likeness (QED) is 0.764. The number of para-hydroxylation sites is 1. The summed E-state index contributed by atoms with van der Waals surface area (Å²) in [5, 5.41) is 2.94. The molecule has 6 nitrogen and oxygen atoms in total. The monoisotopic (exact) mass is 394 g/mol. The van der Waals surface area contributed by atoms with E-state index in [4.69, 9.17) is 0 Å². The summed E-state index contributed by atoms with van der Waals surface area (Å²) in [5.41, 5.74) is 2.89. The summed E-state index contributed by atoms with van der Waals surface area (Å²) in [6, 6.07) is 9.77. The summed E-state index contributed by atoms with van der Waals surface area (Å²) in [7, 11) is 0. The lowest BCUT2D eigenvalue weighted by molar-refractivity contribution is -0.123. The van der Waals surface area contributed by atoms with E-state index in [9.17, 15) is 9.59 Å². The number of fused-ring (bicyclic) bond motifs is 1. The van der Waals surface area contributed by atoms with Crippen LogP contribution < -0.4 is 10.2 Å². The van der Waals surface area contributed by atoms with Gasteiger partial charge in [-0.05, 0) is 43.4 Å². The first-order chi connectivity index (χ1) is 13.8. The van der Waals surface area contributed by atoms with E-state index >= 15 is 0 Å². The van der Waals surface area contributed by atoms with Crippen molar-refractivity contribution < 1.29 is 9.59 Å². The van der Waals surface area contributed by atoms with Crippen molar-refractivity contribution in [3.63, 3.8) is 0 Å². The van der Waals surface area contributed by atoms with Crippen molar-refractivity contribution in [1.82, 2.24) is 15.3 Å². The van der Waals surface area contributed by atoms with Gasteiger partial charge in [-0.2, -0.15) is 0 Å². The molecule has 1 aromatic carbocycles. The molecule has 0 bridgehead atoms. The number of hydrogen-bond acceptors (Lipinski definition) is 4. The molecular weight excluding hydrogens is 364 g/mol. The molecule has 6 heteroatoms. The van der Waals surface area contributed by atoms with Crippen molar-refractivity contribution >= 4 is 17.5 Å². The van der Waals surface area contributed by atoms with Gasteiger partial charge in [0.05, 0.1) is 0 Å². The van der Waals surface area contributed by atoms with Crippen molar-refractivity contribution in [2.24, 2.45) is 0 Å². The molecule has 1 aliphatic heterocycles. The molecule has 2 aromatic rings.